The molecule has 1 aromatic carbocycles. The summed E-state index contributed by atoms with van der Waals surface area (Å²) in [5.41, 5.74) is 4.91. The largest absolute Gasteiger partial charge is 0.382 e. The molecule has 4 nitrogen and oxygen atoms in total. The number of hydrogen-bond acceptors (Lipinski definition) is 4. The lowest BCUT2D eigenvalue weighted by atomic mass is 9.51. The highest BCUT2D eigenvalue weighted by molar-refractivity contribution is 5.93. The SMILES string of the molecule is CC(=O)[C@]1(O)CC[C@@H]2[C@@H]3CCC4=CC(=O)CCC4=C3[C@H](c3ccc(N(C)C)cc3)C[C@@]21C. The van der Waals surface area contributed by atoms with Crippen LogP contribution < -0.4 is 4.90 Å². The lowest BCUT2D eigenvalue weighted by Gasteiger charge is -2.54. The molecule has 1 N–H and O–H groups in total. The first-order valence-electron chi connectivity index (χ1n) is 12.1. The highest BCUT2D eigenvalue weighted by atomic mass is 16.3. The number of fused-ring (bicyclic) bond motifs is 4. The number of carbonyl (C=O) groups excluding carboxylic acids is 2. The molecule has 170 valence electrons. The quantitative estimate of drug-likeness (QED) is 0.731. The van der Waals surface area contributed by atoms with Gasteiger partial charge in [-0.15, -0.1) is 0 Å². The van der Waals surface area contributed by atoms with Gasteiger partial charge < -0.3 is 10.0 Å². The zero-order chi connectivity index (χ0) is 22.8. The van der Waals surface area contributed by atoms with Gasteiger partial charge in [0.25, 0.3) is 0 Å². The highest BCUT2D eigenvalue weighted by Gasteiger charge is 2.64. The average Bonchev–Trinajstić information content (AvgIpc) is 3.04. The molecule has 0 aliphatic heterocycles. The number of hydrogen-bond donors (Lipinski definition) is 1. The molecule has 0 unspecified atom stereocenters. The van der Waals surface area contributed by atoms with E-state index in [-0.39, 0.29) is 17.5 Å². The van der Waals surface area contributed by atoms with Crippen LogP contribution in [0.25, 0.3) is 0 Å². The number of allylic oxidation sites excluding steroid dienone is 4. The Morgan fingerprint density at radius 1 is 1.09 bits per heavy atom. The van der Waals surface area contributed by atoms with Crippen molar-refractivity contribution in [3.05, 3.63) is 52.6 Å². The summed E-state index contributed by atoms with van der Waals surface area (Å²) in [5, 5.41) is 11.6. The summed E-state index contributed by atoms with van der Waals surface area (Å²) in [4.78, 5) is 27.0. The number of ketones is 2. The minimum Gasteiger partial charge on any atom is -0.382 e. The third kappa shape index (κ3) is 2.98. The Morgan fingerprint density at radius 2 is 1.81 bits per heavy atom. The Balaban J connectivity index is 1.67. The second-order valence-corrected chi connectivity index (χ2v) is 10.9. The van der Waals surface area contributed by atoms with Crippen LogP contribution >= 0.6 is 0 Å². The Kier molecular flexibility index (Phi) is 5.01. The maximum atomic E-state index is 12.7. The van der Waals surface area contributed by atoms with Gasteiger partial charge in [0.2, 0.25) is 0 Å². The lowest BCUT2D eigenvalue weighted by Crippen LogP contribution is -2.55. The van der Waals surface area contributed by atoms with Crippen LogP contribution in [0, 0.1) is 17.3 Å². The number of aliphatic hydroxyl groups is 1. The van der Waals surface area contributed by atoms with Crippen LogP contribution in [0.3, 0.4) is 0 Å². The van der Waals surface area contributed by atoms with Crippen molar-refractivity contribution in [1.29, 1.82) is 0 Å². The molecule has 4 heteroatoms. The van der Waals surface area contributed by atoms with Gasteiger partial charge in [-0.25, -0.2) is 0 Å². The molecule has 4 aliphatic carbocycles. The smallest absolute Gasteiger partial charge is 0.161 e. The summed E-state index contributed by atoms with van der Waals surface area (Å²) in [6.07, 6.45) is 7.53. The second kappa shape index (κ2) is 7.41. The van der Waals surface area contributed by atoms with Crippen LogP contribution in [0.4, 0.5) is 5.69 Å². The Bertz CT molecular complexity index is 1030. The van der Waals surface area contributed by atoms with E-state index in [0.29, 0.717) is 24.7 Å². The van der Waals surface area contributed by atoms with E-state index in [1.165, 1.54) is 22.3 Å². The molecule has 0 bridgehead atoms. The lowest BCUT2D eigenvalue weighted by molar-refractivity contribution is -0.152. The normalized spacial score (nSPS) is 36.2. The molecule has 0 aromatic heterocycles. The first-order valence-corrected chi connectivity index (χ1v) is 12.1. The van der Waals surface area contributed by atoms with Gasteiger partial charge >= 0.3 is 0 Å². The molecule has 0 heterocycles. The zero-order valence-electron chi connectivity index (χ0n) is 19.8. The van der Waals surface area contributed by atoms with Crippen molar-refractivity contribution >= 4 is 17.3 Å². The number of Topliss-reactive ketones (excluding diaryl/α,β-unsaturated/α-hetero) is 1. The summed E-state index contributed by atoms with van der Waals surface area (Å²) in [7, 11) is 4.09. The third-order valence-electron chi connectivity index (χ3n) is 9.28. The Hall–Kier alpha value is -2.20. The van der Waals surface area contributed by atoms with Gasteiger partial charge in [0, 0.05) is 37.5 Å². The fourth-order valence-electron chi connectivity index (χ4n) is 7.55. The predicted octanol–water partition coefficient (Wildman–Crippen LogP) is 4.97. The second-order valence-electron chi connectivity index (χ2n) is 10.9. The van der Waals surface area contributed by atoms with E-state index in [1.54, 1.807) is 6.92 Å². The monoisotopic (exact) mass is 433 g/mol. The molecule has 2 saturated carbocycles. The molecule has 0 amide bonds. The number of rotatable bonds is 3. The average molecular weight is 434 g/mol. The first-order chi connectivity index (χ1) is 15.2. The van der Waals surface area contributed by atoms with Gasteiger partial charge in [0.05, 0.1) is 0 Å². The van der Waals surface area contributed by atoms with Gasteiger partial charge in [-0.3, -0.25) is 9.59 Å². The van der Waals surface area contributed by atoms with Crippen molar-refractivity contribution in [2.45, 2.75) is 70.3 Å². The van der Waals surface area contributed by atoms with Crippen molar-refractivity contribution in [2.24, 2.45) is 17.3 Å². The predicted molar refractivity (Wildman–Crippen MR) is 127 cm³/mol. The molecule has 1 aromatic rings. The molecular formula is C28H35NO3. The topological polar surface area (TPSA) is 57.6 Å². The number of benzene rings is 1. The van der Waals surface area contributed by atoms with Gasteiger partial charge in [-0.2, -0.15) is 0 Å². The summed E-state index contributed by atoms with van der Waals surface area (Å²) in [6, 6.07) is 8.78. The fraction of sp³-hybridized carbons (Fsp3) is 0.571. The van der Waals surface area contributed by atoms with E-state index in [1.807, 2.05) is 20.2 Å². The third-order valence-corrected chi connectivity index (χ3v) is 9.28. The van der Waals surface area contributed by atoms with E-state index < -0.39 is 11.0 Å². The number of carbonyl (C=O) groups is 2. The number of nitrogens with zero attached hydrogens (tertiary/aromatic N) is 1. The van der Waals surface area contributed by atoms with Gasteiger partial charge in [0.1, 0.15) is 5.60 Å². The fourth-order valence-corrected chi connectivity index (χ4v) is 7.55. The van der Waals surface area contributed by atoms with Crippen molar-refractivity contribution in [1.82, 2.24) is 0 Å². The molecule has 5 atom stereocenters. The van der Waals surface area contributed by atoms with E-state index in [0.717, 1.165) is 37.8 Å². The Morgan fingerprint density at radius 3 is 2.47 bits per heavy atom. The molecule has 32 heavy (non-hydrogen) atoms. The molecule has 0 radical (unpaired) electrons. The van der Waals surface area contributed by atoms with Crippen LogP contribution in [0.2, 0.25) is 0 Å². The van der Waals surface area contributed by atoms with Crippen LogP contribution in [-0.2, 0) is 9.59 Å². The van der Waals surface area contributed by atoms with E-state index in [2.05, 4.69) is 36.1 Å². The summed E-state index contributed by atoms with van der Waals surface area (Å²) in [5.74, 6) is 1.03. The van der Waals surface area contributed by atoms with Crippen molar-refractivity contribution in [2.75, 3.05) is 19.0 Å². The highest BCUT2D eigenvalue weighted by Crippen LogP contribution is 2.66. The Labute approximate surface area is 191 Å². The summed E-state index contributed by atoms with van der Waals surface area (Å²) < 4.78 is 0. The van der Waals surface area contributed by atoms with Crippen LogP contribution in [0.1, 0.15) is 70.3 Å². The first kappa shape index (κ1) is 21.6. The molecule has 4 aliphatic rings. The minimum atomic E-state index is -1.24. The van der Waals surface area contributed by atoms with E-state index >= 15 is 0 Å². The maximum Gasteiger partial charge on any atom is 0.161 e. The van der Waals surface area contributed by atoms with Crippen LogP contribution in [-0.4, -0.2) is 36.4 Å². The van der Waals surface area contributed by atoms with Crippen LogP contribution in [0.15, 0.2) is 47.1 Å². The maximum absolute atomic E-state index is 12.7. The molecule has 2 fully saturated rings. The summed E-state index contributed by atoms with van der Waals surface area (Å²) >= 11 is 0. The number of anilines is 1. The van der Waals surface area contributed by atoms with Crippen molar-refractivity contribution in [3.63, 3.8) is 0 Å². The molecule has 0 saturated heterocycles. The van der Waals surface area contributed by atoms with Gasteiger partial charge in [0.15, 0.2) is 11.6 Å². The van der Waals surface area contributed by atoms with E-state index in [4.69, 9.17) is 0 Å². The summed E-state index contributed by atoms with van der Waals surface area (Å²) in [6.45, 7) is 3.74. The van der Waals surface area contributed by atoms with Gasteiger partial charge in [-0.05, 0) is 92.2 Å². The van der Waals surface area contributed by atoms with Crippen molar-refractivity contribution < 1.29 is 14.7 Å². The molecular weight excluding hydrogens is 398 g/mol. The minimum absolute atomic E-state index is 0.0834. The molecule has 0 spiro atoms. The van der Waals surface area contributed by atoms with Crippen LogP contribution in [0.5, 0.6) is 0 Å². The molecule has 5 rings (SSSR count). The van der Waals surface area contributed by atoms with E-state index in [9.17, 15) is 14.7 Å². The van der Waals surface area contributed by atoms with Crippen molar-refractivity contribution in [3.8, 4) is 0 Å². The van der Waals surface area contributed by atoms with Gasteiger partial charge in [-0.1, -0.05) is 24.6 Å². The standard InChI is InChI=1S/C28H35NO3/c1-17(30)28(32)14-13-25-23-11-7-19-15-21(31)10-12-22(19)26(23)24(16-27(25,28)2)18-5-8-20(9-6-18)29(3)4/h5-6,8-9,15,23-25,32H,7,10-14,16H2,1-4H3/t23-,24-,25+,27-,28+/m0/s1. The zero-order valence-corrected chi connectivity index (χ0v) is 19.8.